The van der Waals surface area contributed by atoms with Crippen LogP contribution in [0.25, 0.3) is 0 Å². The molecule has 0 fully saturated rings. The normalized spacial score (nSPS) is 11.0. The van der Waals surface area contributed by atoms with Crippen LogP contribution in [-0.2, 0) is 13.1 Å². The summed E-state index contributed by atoms with van der Waals surface area (Å²) in [4.78, 5) is 25.4. The quantitative estimate of drug-likeness (QED) is 0.468. The van der Waals surface area contributed by atoms with Gasteiger partial charge in [-0.1, -0.05) is 58.5 Å². The first kappa shape index (κ1) is 20.5. The van der Waals surface area contributed by atoms with Crippen molar-refractivity contribution in [3.8, 4) is 0 Å². The molecule has 0 aliphatic heterocycles. The van der Waals surface area contributed by atoms with Gasteiger partial charge in [-0.05, 0) is 51.3 Å². The molecule has 0 unspecified atom stereocenters. The molecule has 1 aromatic heterocycles. The zero-order valence-corrected chi connectivity index (χ0v) is 18.2. The van der Waals surface area contributed by atoms with E-state index in [1.165, 1.54) is 10.8 Å². The summed E-state index contributed by atoms with van der Waals surface area (Å²) in [5.41, 5.74) is 0.365. The van der Waals surface area contributed by atoms with Gasteiger partial charge < -0.3 is 0 Å². The molecule has 0 aliphatic rings. The molecular formula is C18H11BrCl4N2O2. The largest absolute Gasteiger partial charge is 0.331 e. The number of aromatic nitrogens is 2. The number of hydrogen-bond acceptors (Lipinski definition) is 2. The van der Waals surface area contributed by atoms with E-state index in [1.54, 1.807) is 36.4 Å². The number of nitrogens with zero attached hydrogens (tertiary/aromatic N) is 2. The third-order valence-corrected chi connectivity index (χ3v) is 5.61. The summed E-state index contributed by atoms with van der Waals surface area (Å²) in [5, 5.41) is 1.78. The number of hydrogen-bond donors (Lipinski definition) is 0. The Hall–Kier alpha value is -1.24. The highest BCUT2D eigenvalue weighted by atomic mass is 79.9. The minimum absolute atomic E-state index is 0.0153. The molecule has 27 heavy (non-hydrogen) atoms. The van der Waals surface area contributed by atoms with Crippen molar-refractivity contribution in [3.05, 3.63) is 99.1 Å². The summed E-state index contributed by atoms with van der Waals surface area (Å²) in [5.74, 6) is 0. The lowest BCUT2D eigenvalue weighted by Gasteiger charge is -2.13. The molecule has 4 nitrogen and oxygen atoms in total. The van der Waals surface area contributed by atoms with Crippen molar-refractivity contribution in [3.63, 3.8) is 0 Å². The molecule has 3 aromatic rings. The van der Waals surface area contributed by atoms with Crippen molar-refractivity contribution in [1.82, 2.24) is 9.13 Å². The molecule has 0 saturated carbocycles. The van der Waals surface area contributed by atoms with Crippen molar-refractivity contribution in [2.75, 3.05) is 0 Å². The van der Waals surface area contributed by atoms with Gasteiger partial charge in [0.05, 0.1) is 17.6 Å². The van der Waals surface area contributed by atoms with Gasteiger partial charge in [-0.2, -0.15) is 0 Å². The van der Waals surface area contributed by atoms with Crippen LogP contribution in [0.1, 0.15) is 11.1 Å². The maximum absolute atomic E-state index is 12.9. The van der Waals surface area contributed by atoms with Gasteiger partial charge in [-0.25, -0.2) is 4.79 Å². The zero-order chi connectivity index (χ0) is 19.7. The fourth-order valence-electron chi connectivity index (χ4n) is 2.52. The van der Waals surface area contributed by atoms with E-state index in [1.807, 2.05) is 0 Å². The molecule has 140 valence electrons. The van der Waals surface area contributed by atoms with Gasteiger partial charge in [0.2, 0.25) is 0 Å². The monoisotopic (exact) mass is 506 g/mol. The van der Waals surface area contributed by atoms with E-state index in [0.29, 0.717) is 31.2 Å². The van der Waals surface area contributed by atoms with E-state index in [2.05, 4.69) is 15.9 Å². The Morgan fingerprint density at radius 1 is 0.815 bits per heavy atom. The summed E-state index contributed by atoms with van der Waals surface area (Å²) >= 11 is 27.4. The molecule has 2 aromatic carbocycles. The Bertz CT molecular complexity index is 1140. The van der Waals surface area contributed by atoms with Crippen LogP contribution in [0.5, 0.6) is 0 Å². The van der Waals surface area contributed by atoms with Gasteiger partial charge in [0.25, 0.3) is 5.56 Å². The molecule has 0 spiro atoms. The first-order chi connectivity index (χ1) is 12.8. The first-order valence-electron chi connectivity index (χ1n) is 7.64. The fourth-order valence-corrected chi connectivity index (χ4v) is 3.92. The molecule has 3 rings (SSSR count). The second-order valence-electron chi connectivity index (χ2n) is 5.75. The summed E-state index contributed by atoms with van der Waals surface area (Å²) in [6.07, 6.45) is 1.44. The summed E-state index contributed by atoms with van der Waals surface area (Å²) in [6.45, 7) is 0.198. The van der Waals surface area contributed by atoms with Crippen LogP contribution in [0.2, 0.25) is 20.1 Å². The van der Waals surface area contributed by atoms with Crippen LogP contribution in [0.3, 0.4) is 0 Å². The second kappa shape index (κ2) is 8.41. The predicted octanol–water partition coefficient (Wildman–Crippen LogP) is 5.48. The molecule has 0 N–H and O–H groups in total. The van der Waals surface area contributed by atoms with Crippen LogP contribution >= 0.6 is 62.3 Å². The van der Waals surface area contributed by atoms with Crippen molar-refractivity contribution in [2.45, 2.75) is 13.1 Å². The smallest absolute Gasteiger partial charge is 0.295 e. The minimum Gasteiger partial charge on any atom is -0.295 e. The third kappa shape index (κ3) is 4.61. The third-order valence-electron chi connectivity index (χ3n) is 3.89. The second-order valence-corrected chi connectivity index (χ2v) is 8.29. The molecule has 0 amide bonds. The molecule has 0 saturated heterocycles. The van der Waals surface area contributed by atoms with Crippen molar-refractivity contribution in [1.29, 1.82) is 0 Å². The average Bonchev–Trinajstić information content (AvgIpc) is 2.60. The number of halogens is 5. The molecule has 0 atom stereocenters. The van der Waals surface area contributed by atoms with Crippen molar-refractivity contribution >= 4 is 62.3 Å². The summed E-state index contributed by atoms with van der Waals surface area (Å²) < 4.78 is 2.74. The number of benzene rings is 2. The predicted molar refractivity (Wildman–Crippen MR) is 114 cm³/mol. The van der Waals surface area contributed by atoms with Gasteiger partial charge in [-0.3, -0.25) is 13.9 Å². The van der Waals surface area contributed by atoms with Gasteiger partial charge in [-0.15, -0.1) is 0 Å². The van der Waals surface area contributed by atoms with Crippen LogP contribution in [0, 0.1) is 0 Å². The van der Waals surface area contributed by atoms with Crippen molar-refractivity contribution < 1.29 is 0 Å². The van der Waals surface area contributed by atoms with Crippen LogP contribution in [-0.4, -0.2) is 9.13 Å². The fraction of sp³-hybridized carbons (Fsp3) is 0.111. The summed E-state index contributed by atoms with van der Waals surface area (Å²) in [7, 11) is 0. The zero-order valence-electron chi connectivity index (χ0n) is 13.6. The SMILES string of the molecule is O=c1c(Br)cn(Cc2ccc(Cl)cc2Cl)c(=O)n1Cc1ccc(Cl)cc1Cl. The van der Waals surface area contributed by atoms with Gasteiger partial charge in [0.15, 0.2) is 0 Å². The van der Waals surface area contributed by atoms with E-state index >= 15 is 0 Å². The van der Waals surface area contributed by atoms with E-state index in [9.17, 15) is 9.59 Å². The van der Waals surface area contributed by atoms with Gasteiger partial charge in [0.1, 0.15) is 0 Å². The molecule has 1 heterocycles. The van der Waals surface area contributed by atoms with Crippen LogP contribution < -0.4 is 11.2 Å². The van der Waals surface area contributed by atoms with Crippen LogP contribution in [0.15, 0.2) is 56.7 Å². The van der Waals surface area contributed by atoms with Crippen molar-refractivity contribution in [2.24, 2.45) is 0 Å². The van der Waals surface area contributed by atoms with E-state index in [4.69, 9.17) is 46.4 Å². The minimum atomic E-state index is -0.486. The molecule has 0 bridgehead atoms. The number of rotatable bonds is 4. The highest BCUT2D eigenvalue weighted by Gasteiger charge is 2.13. The maximum atomic E-state index is 12.9. The van der Waals surface area contributed by atoms with E-state index in [0.717, 1.165) is 4.57 Å². The van der Waals surface area contributed by atoms with E-state index < -0.39 is 11.2 Å². The first-order valence-corrected chi connectivity index (χ1v) is 9.94. The average molecular weight is 509 g/mol. The summed E-state index contributed by atoms with van der Waals surface area (Å²) in [6, 6.07) is 9.91. The van der Waals surface area contributed by atoms with Gasteiger partial charge in [0, 0.05) is 26.3 Å². The molecule has 0 radical (unpaired) electrons. The Morgan fingerprint density at radius 3 is 1.85 bits per heavy atom. The molecule has 9 heteroatoms. The standard InChI is InChI=1S/C18H11BrCl4N2O2/c19-14-9-24(7-10-1-3-12(20)5-15(10)22)18(27)25(17(14)26)8-11-2-4-13(21)6-16(11)23/h1-6,9H,7-8H2. The highest BCUT2D eigenvalue weighted by molar-refractivity contribution is 9.10. The topological polar surface area (TPSA) is 44.0 Å². The Kier molecular flexibility index (Phi) is 6.39. The van der Waals surface area contributed by atoms with E-state index in [-0.39, 0.29) is 17.6 Å². The maximum Gasteiger partial charge on any atom is 0.331 e. The van der Waals surface area contributed by atoms with Gasteiger partial charge >= 0.3 is 5.69 Å². The Balaban J connectivity index is 2.05. The highest BCUT2D eigenvalue weighted by Crippen LogP contribution is 2.22. The Labute approximate surface area is 183 Å². The molecule has 0 aliphatic carbocycles. The lowest BCUT2D eigenvalue weighted by Crippen LogP contribution is -2.40. The van der Waals surface area contributed by atoms with Crippen LogP contribution in [0.4, 0.5) is 0 Å². The molecular weight excluding hydrogens is 498 g/mol. The lowest BCUT2D eigenvalue weighted by atomic mass is 10.2. The lowest BCUT2D eigenvalue weighted by molar-refractivity contribution is 0.607. The Morgan fingerprint density at radius 2 is 1.33 bits per heavy atom.